The summed E-state index contributed by atoms with van der Waals surface area (Å²) in [6.07, 6.45) is 0. The number of ether oxygens (including phenoxy) is 3. The fourth-order valence-electron chi connectivity index (χ4n) is 1.99. The van der Waals surface area contributed by atoms with Crippen molar-refractivity contribution in [2.45, 2.75) is 6.61 Å². The molecule has 2 aromatic carbocycles. The molecule has 2 rings (SSSR count). The van der Waals surface area contributed by atoms with Crippen molar-refractivity contribution >= 4 is 11.7 Å². The zero-order valence-corrected chi connectivity index (χ0v) is 12.6. The van der Waals surface area contributed by atoms with Crippen LogP contribution >= 0.6 is 0 Å². The molecule has 0 aliphatic heterocycles. The average Bonchev–Trinajstić information content (AvgIpc) is 2.59. The first kappa shape index (κ1) is 16.3. The van der Waals surface area contributed by atoms with Crippen molar-refractivity contribution in [1.82, 2.24) is 0 Å². The fourth-order valence-corrected chi connectivity index (χ4v) is 1.99. The minimum absolute atomic E-state index is 0.0158. The van der Waals surface area contributed by atoms with E-state index in [-0.39, 0.29) is 17.9 Å². The van der Waals surface area contributed by atoms with Crippen LogP contribution in [0, 0.1) is 10.1 Å². The predicted octanol–water partition coefficient (Wildman–Crippen LogP) is 2.97. The van der Waals surface area contributed by atoms with E-state index in [9.17, 15) is 14.9 Å². The van der Waals surface area contributed by atoms with Gasteiger partial charge in [-0.3, -0.25) is 10.1 Å². The lowest BCUT2D eigenvalue weighted by molar-refractivity contribution is -0.384. The van der Waals surface area contributed by atoms with Crippen LogP contribution in [0.1, 0.15) is 15.9 Å². The van der Waals surface area contributed by atoms with Crippen LogP contribution in [0.5, 0.6) is 11.5 Å². The highest BCUT2D eigenvalue weighted by atomic mass is 16.6. The Hall–Kier alpha value is -3.09. The Balaban J connectivity index is 2.12. The molecule has 0 saturated heterocycles. The summed E-state index contributed by atoms with van der Waals surface area (Å²) in [4.78, 5) is 22.4. The third-order valence-electron chi connectivity index (χ3n) is 3.15. The van der Waals surface area contributed by atoms with Gasteiger partial charge in [-0.1, -0.05) is 6.07 Å². The molecule has 0 aromatic heterocycles. The maximum absolute atomic E-state index is 12.3. The molecule has 120 valence electrons. The van der Waals surface area contributed by atoms with Gasteiger partial charge in [-0.2, -0.15) is 0 Å². The second kappa shape index (κ2) is 7.26. The van der Waals surface area contributed by atoms with Crippen LogP contribution in [-0.2, 0) is 11.3 Å². The van der Waals surface area contributed by atoms with E-state index in [0.717, 1.165) is 0 Å². The predicted molar refractivity (Wildman–Crippen MR) is 81.8 cm³/mol. The fraction of sp³-hybridized carbons (Fsp3) is 0.188. The highest BCUT2D eigenvalue weighted by molar-refractivity contribution is 5.95. The van der Waals surface area contributed by atoms with Gasteiger partial charge in [0.05, 0.1) is 19.1 Å². The number of carbonyl (C=O) groups is 1. The van der Waals surface area contributed by atoms with E-state index in [4.69, 9.17) is 14.2 Å². The first-order chi connectivity index (χ1) is 11.1. The summed E-state index contributed by atoms with van der Waals surface area (Å²) in [6, 6.07) is 10.7. The van der Waals surface area contributed by atoms with Gasteiger partial charge in [-0.25, -0.2) is 4.79 Å². The molecule has 0 spiro atoms. The summed E-state index contributed by atoms with van der Waals surface area (Å²) >= 11 is 0. The highest BCUT2D eigenvalue weighted by Crippen LogP contribution is 2.29. The molecule has 0 heterocycles. The van der Waals surface area contributed by atoms with Crippen molar-refractivity contribution in [3.63, 3.8) is 0 Å². The molecule has 7 heteroatoms. The number of carbonyl (C=O) groups excluding carboxylic acids is 1. The van der Waals surface area contributed by atoms with E-state index in [2.05, 4.69) is 0 Å². The van der Waals surface area contributed by atoms with Crippen LogP contribution in [0.25, 0.3) is 0 Å². The minimum Gasteiger partial charge on any atom is -0.496 e. The smallest absolute Gasteiger partial charge is 0.346 e. The molecule has 0 atom stereocenters. The number of benzene rings is 2. The third kappa shape index (κ3) is 3.76. The molecule has 0 fully saturated rings. The summed E-state index contributed by atoms with van der Waals surface area (Å²) in [5.74, 6) is 0.0914. The van der Waals surface area contributed by atoms with Gasteiger partial charge in [0.1, 0.15) is 23.7 Å². The molecule has 23 heavy (non-hydrogen) atoms. The van der Waals surface area contributed by atoms with Gasteiger partial charge in [0.25, 0.3) is 5.69 Å². The van der Waals surface area contributed by atoms with Crippen LogP contribution in [0.2, 0.25) is 0 Å². The van der Waals surface area contributed by atoms with Gasteiger partial charge in [0.2, 0.25) is 0 Å². The van der Waals surface area contributed by atoms with Gasteiger partial charge in [0, 0.05) is 12.1 Å². The molecule has 0 aliphatic carbocycles. The molecule has 0 amide bonds. The summed E-state index contributed by atoms with van der Waals surface area (Å²) in [5.41, 5.74) is 0.809. The van der Waals surface area contributed by atoms with Crippen molar-refractivity contribution in [3.05, 3.63) is 63.7 Å². The summed E-state index contributed by atoms with van der Waals surface area (Å²) < 4.78 is 15.5. The number of nitro groups is 1. The Morgan fingerprint density at radius 1 is 1.04 bits per heavy atom. The topological polar surface area (TPSA) is 87.9 Å². The van der Waals surface area contributed by atoms with Gasteiger partial charge >= 0.3 is 5.97 Å². The molecule has 0 aliphatic rings. The quantitative estimate of drug-likeness (QED) is 0.462. The number of esters is 1. The van der Waals surface area contributed by atoms with E-state index in [0.29, 0.717) is 17.1 Å². The maximum atomic E-state index is 12.3. The van der Waals surface area contributed by atoms with Gasteiger partial charge in [-0.15, -0.1) is 0 Å². The molecule has 0 saturated carbocycles. The largest absolute Gasteiger partial charge is 0.496 e. The van der Waals surface area contributed by atoms with E-state index in [1.54, 1.807) is 18.2 Å². The van der Waals surface area contributed by atoms with Gasteiger partial charge in [-0.05, 0) is 29.8 Å². The van der Waals surface area contributed by atoms with Crippen molar-refractivity contribution in [3.8, 4) is 11.5 Å². The Morgan fingerprint density at radius 2 is 1.61 bits per heavy atom. The second-order valence-electron chi connectivity index (χ2n) is 4.54. The monoisotopic (exact) mass is 317 g/mol. The summed E-state index contributed by atoms with van der Waals surface area (Å²) in [6.45, 7) is -0.0158. The number of methoxy groups -OCH3 is 2. The number of hydrogen-bond acceptors (Lipinski definition) is 6. The van der Waals surface area contributed by atoms with Crippen molar-refractivity contribution in [2.75, 3.05) is 14.2 Å². The van der Waals surface area contributed by atoms with E-state index in [1.165, 1.54) is 38.5 Å². The highest BCUT2D eigenvalue weighted by Gasteiger charge is 2.19. The SMILES string of the molecule is COc1cccc(OC)c1C(=O)OCc1ccc([N+](=O)[O-])cc1. The third-order valence-corrected chi connectivity index (χ3v) is 3.15. The molecular weight excluding hydrogens is 302 g/mol. The van der Waals surface area contributed by atoms with Gasteiger partial charge in [0.15, 0.2) is 0 Å². The standard InChI is InChI=1S/C16H15NO6/c1-21-13-4-3-5-14(22-2)15(13)16(18)23-10-11-6-8-12(9-7-11)17(19)20/h3-9H,10H2,1-2H3. The molecule has 2 aromatic rings. The average molecular weight is 317 g/mol. The molecule has 0 unspecified atom stereocenters. The summed E-state index contributed by atoms with van der Waals surface area (Å²) in [7, 11) is 2.89. The lowest BCUT2D eigenvalue weighted by Crippen LogP contribution is -2.09. The van der Waals surface area contributed by atoms with Crippen molar-refractivity contribution in [1.29, 1.82) is 0 Å². The number of nitrogens with zero attached hydrogens (tertiary/aromatic N) is 1. The number of non-ortho nitro benzene ring substituents is 1. The second-order valence-corrected chi connectivity index (χ2v) is 4.54. The van der Waals surface area contributed by atoms with Crippen LogP contribution in [-0.4, -0.2) is 25.1 Å². The molecule has 0 radical (unpaired) electrons. The van der Waals surface area contributed by atoms with E-state index in [1.807, 2.05) is 0 Å². The Bertz CT molecular complexity index is 689. The lowest BCUT2D eigenvalue weighted by atomic mass is 10.1. The zero-order valence-electron chi connectivity index (χ0n) is 12.6. The Morgan fingerprint density at radius 3 is 2.09 bits per heavy atom. The molecule has 0 N–H and O–H groups in total. The zero-order chi connectivity index (χ0) is 16.8. The number of hydrogen-bond donors (Lipinski definition) is 0. The van der Waals surface area contributed by atoms with Crippen LogP contribution in [0.3, 0.4) is 0 Å². The molecule has 0 bridgehead atoms. The van der Waals surface area contributed by atoms with Crippen molar-refractivity contribution < 1.29 is 23.9 Å². The van der Waals surface area contributed by atoms with Crippen LogP contribution in [0.4, 0.5) is 5.69 Å². The normalized spacial score (nSPS) is 10.0. The first-order valence-electron chi connectivity index (χ1n) is 6.68. The Labute approximate surface area is 132 Å². The lowest BCUT2D eigenvalue weighted by Gasteiger charge is -2.12. The maximum Gasteiger partial charge on any atom is 0.346 e. The first-order valence-corrected chi connectivity index (χ1v) is 6.68. The van der Waals surface area contributed by atoms with E-state index >= 15 is 0 Å². The van der Waals surface area contributed by atoms with Crippen LogP contribution < -0.4 is 9.47 Å². The minimum atomic E-state index is -0.599. The molecule has 7 nitrogen and oxygen atoms in total. The van der Waals surface area contributed by atoms with Gasteiger partial charge < -0.3 is 14.2 Å². The number of nitro benzene ring substituents is 1. The Kier molecular flexibility index (Phi) is 5.14. The molecular formula is C16H15NO6. The van der Waals surface area contributed by atoms with E-state index < -0.39 is 10.9 Å². The summed E-state index contributed by atoms with van der Waals surface area (Å²) in [5, 5.41) is 10.6. The number of rotatable bonds is 6. The van der Waals surface area contributed by atoms with Crippen molar-refractivity contribution in [2.24, 2.45) is 0 Å². The van der Waals surface area contributed by atoms with Crippen LogP contribution in [0.15, 0.2) is 42.5 Å².